The summed E-state index contributed by atoms with van der Waals surface area (Å²) in [7, 11) is 1.38. The predicted molar refractivity (Wildman–Crippen MR) is 97.6 cm³/mol. The number of halogens is 1. The highest BCUT2D eigenvalue weighted by Crippen LogP contribution is 2.29. The van der Waals surface area contributed by atoms with E-state index in [2.05, 4.69) is 10.6 Å². The summed E-state index contributed by atoms with van der Waals surface area (Å²) in [6.45, 7) is 3.56. The molecule has 1 amide bonds. The van der Waals surface area contributed by atoms with Gasteiger partial charge in [0.2, 0.25) is 5.91 Å². The number of ether oxygens (including phenoxy) is 1. The summed E-state index contributed by atoms with van der Waals surface area (Å²) in [5.41, 5.74) is 1.84. The summed E-state index contributed by atoms with van der Waals surface area (Å²) in [4.78, 5) is 22.7. The molecule has 132 valence electrons. The van der Waals surface area contributed by atoms with Crippen molar-refractivity contribution in [1.82, 2.24) is 0 Å². The van der Waals surface area contributed by atoms with Crippen LogP contribution in [0.15, 0.2) is 36.4 Å². The third-order valence-electron chi connectivity index (χ3n) is 3.69. The molecule has 2 N–H and O–H groups in total. The Bertz CT molecular complexity index is 810. The Morgan fingerprint density at radius 2 is 2.00 bits per heavy atom. The third kappa shape index (κ3) is 4.39. The molecule has 0 aliphatic heterocycles. The molecule has 7 nitrogen and oxygen atoms in total. The lowest BCUT2D eigenvalue weighted by molar-refractivity contribution is -0.384. The van der Waals surface area contributed by atoms with Gasteiger partial charge in [0, 0.05) is 16.8 Å². The maximum Gasteiger partial charge on any atom is 0.273 e. The molecular weight excluding hydrogens is 346 g/mol. The van der Waals surface area contributed by atoms with Gasteiger partial charge < -0.3 is 15.4 Å². The lowest BCUT2D eigenvalue weighted by Gasteiger charge is -2.18. The minimum atomic E-state index is -0.558. The van der Waals surface area contributed by atoms with Crippen LogP contribution in [0.2, 0.25) is 5.02 Å². The molecular formula is C17H18ClN3O4. The van der Waals surface area contributed by atoms with Crippen molar-refractivity contribution < 1.29 is 14.5 Å². The first kappa shape index (κ1) is 18.5. The molecule has 0 bridgehead atoms. The number of non-ortho nitro benzene ring substituents is 1. The Hall–Kier alpha value is -2.80. The zero-order chi connectivity index (χ0) is 18.6. The first-order valence-electron chi connectivity index (χ1n) is 7.48. The Kier molecular flexibility index (Phi) is 5.82. The SMILES string of the molecule is COc1cc([N+](=O)[O-])ccc1NC(=O)[C@H](C)Nc1cccc(Cl)c1C. The van der Waals surface area contributed by atoms with Crippen molar-refractivity contribution in [1.29, 1.82) is 0 Å². The quantitative estimate of drug-likeness (QED) is 0.597. The number of carbonyl (C=O) groups is 1. The van der Waals surface area contributed by atoms with Crippen LogP contribution in [0.1, 0.15) is 12.5 Å². The molecule has 0 heterocycles. The first-order chi connectivity index (χ1) is 11.8. The van der Waals surface area contributed by atoms with Crippen molar-refractivity contribution in [2.24, 2.45) is 0 Å². The van der Waals surface area contributed by atoms with E-state index < -0.39 is 11.0 Å². The number of anilines is 2. The van der Waals surface area contributed by atoms with Gasteiger partial charge in [-0.3, -0.25) is 14.9 Å². The molecule has 0 spiro atoms. The Morgan fingerprint density at radius 1 is 1.28 bits per heavy atom. The Labute approximate surface area is 150 Å². The van der Waals surface area contributed by atoms with E-state index in [1.165, 1.54) is 25.3 Å². The van der Waals surface area contributed by atoms with Crippen LogP contribution in [-0.2, 0) is 4.79 Å². The van der Waals surface area contributed by atoms with E-state index in [-0.39, 0.29) is 17.3 Å². The van der Waals surface area contributed by atoms with Crippen LogP contribution in [0.3, 0.4) is 0 Å². The highest BCUT2D eigenvalue weighted by Gasteiger charge is 2.18. The van der Waals surface area contributed by atoms with E-state index in [0.717, 1.165) is 11.3 Å². The van der Waals surface area contributed by atoms with Gasteiger partial charge in [0.15, 0.2) is 0 Å². The predicted octanol–water partition coefficient (Wildman–Crippen LogP) is 4.00. The second kappa shape index (κ2) is 7.85. The molecule has 2 aromatic carbocycles. The Morgan fingerprint density at radius 3 is 2.64 bits per heavy atom. The molecule has 0 aliphatic rings. The molecule has 25 heavy (non-hydrogen) atoms. The molecule has 0 fully saturated rings. The molecule has 0 unspecified atom stereocenters. The summed E-state index contributed by atoms with van der Waals surface area (Å²) < 4.78 is 5.11. The van der Waals surface area contributed by atoms with Crippen LogP contribution >= 0.6 is 11.6 Å². The summed E-state index contributed by atoms with van der Waals surface area (Å²) in [6, 6.07) is 8.84. The average Bonchev–Trinajstić information content (AvgIpc) is 2.58. The molecule has 0 aliphatic carbocycles. The summed E-state index contributed by atoms with van der Waals surface area (Å²) in [5.74, 6) is -0.0970. The van der Waals surface area contributed by atoms with Crippen molar-refractivity contribution in [2.45, 2.75) is 19.9 Å². The number of amides is 1. The standard InChI is InChI=1S/C17H18ClN3O4/c1-10-13(18)5-4-6-14(10)19-11(2)17(22)20-15-8-7-12(21(23)24)9-16(15)25-3/h4-9,11,19H,1-3H3,(H,20,22)/t11-/m0/s1. The van der Waals surface area contributed by atoms with Crippen LogP contribution in [-0.4, -0.2) is 24.0 Å². The number of rotatable bonds is 6. The first-order valence-corrected chi connectivity index (χ1v) is 7.86. The molecule has 0 aromatic heterocycles. The van der Waals surface area contributed by atoms with Gasteiger partial charge >= 0.3 is 0 Å². The average molecular weight is 364 g/mol. The van der Waals surface area contributed by atoms with Gasteiger partial charge in [-0.2, -0.15) is 0 Å². The van der Waals surface area contributed by atoms with Crippen LogP contribution < -0.4 is 15.4 Å². The van der Waals surface area contributed by atoms with Crippen molar-refractivity contribution in [2.75, 3.05) is 17.7 Å². The molecule has 0 saturated heterocycles. The monoisotopic (exact) mass is 363 g/mol. The fourth-order valence-electron chi connectivity index (χ4n) is 2.20. The molecule has 0 saturated carbocycles. The van der Waals surface area contributed by atoms with E-state index in [1.54, 1.807) is 19.1 Å². The second-order valence-corrected chi connectivity index (χ2v) is 5.82. The minimum absolute atomic E-state index is 0.115. The molecule has 2 aromatic rings. The number of nitro benzene ring substituents is 1. The van der Waals surface area contributed by atoms with Crippen LogP contribution in [0, 0.1) is 17.0 Å². The number of methoxy groups -OCH3 is 1. The van der Waals surface area contributed by atoms with Gasteiger partial charge in [0.05, 0.1) is 23.8 Å². The van der Waals surface area contributed by atoms with Crippen molar-refractivity contribution in [3.05, 3.63) is 57.1 Å². The van der Waals surface area contributed by atoms with Gasteiger partial charge in [0.1, 0.15) is 11.8 Å². The van der Waals surface area contributed by atoms with Gasteiger partial charge in [-0.15, -0.1) is 0 Å². The molecule has 8 heteroatoms. The lowest BCUT2D eigenvalue weighted by atomic mass is 10.1. The van der Waals surface area contributed by atoms with E-state index >= 15 is 0 Å². The highest BCUT2D eigenvalue weighted by atomic mass is 35.5. The number of benzene rings is 2. The normalized spacial score (nSPS) is 11.5. The fraction of sp³-hybridized carbons (Fsp3) is 0.235. The van der Waals surface area contributed by atoms with Gasteiger partial charge in [-0.1, -0.05) is 17.7 Å². The Balaban J connectivity index is 2.13. The smallest absolute Gasteiger partial charge is 0.273 e. The number of hydrogen-bond acceptors (Lipinski definition) is 5. The van der Waals surface area contributed by atoms with Crippen LogP contribution in [0.25, 0.3) is 0 Å². The van der Waals surface area contributed by atoms with Crippen LogP contribution in [0.5, 0.6) is 5.75 Å². The molecule has 2 rings (SSSR count). The van der Waals surface area contributed by atoms with Crippen molar-refractivity contribution in [3.63, 3.8) is 0 Å². The summed E-state index contributed by atoms with van der Waals surface area (Å²) >= 11 is 6.07. The number of nitrogens with zero attached hydrogens (tertiary/aromatic N) is 1. The largest absolute Gasteiger partial charge is 0.494 e. The highest BCUT2D eigenvalue weighted by molar-refractivity contribution is 6.31. The maximum atomic E-state index is 12.4. The minimum Gasteiger partial charge on any atom is -0.494 e. The van der Waals surface area contributed by atoms with Crippen molar-refractivity contribution in [3.8, 4) is 5.75 Å². The van der Waals surface area contributed by atoms with E-state index in [0.29, 0.717) is 10.7 Å². The van der Waals surface area contributed by atoms with E-state index in [4.69, 9.17) is 16.3 Å². The van der Waals surface area contributed by atoms with Crippen LogP contribution in [0.4, 0.5) is 17.1 Å². The van der Waals surface area contributed by atoms with Gasteiger partial charge in [-0.25, -0.2) is 0 Å². The zero-order valence-corrected chi connectivity index (χ0v) is 14.8. The summed E-state index contributed by atoms with van der Waals surface area (Å²) in [6.07, 6.45) is 0. The van der Waals surface area contributed by atoms with E-state index in [9.17, 15) is 14.9 Å². The number of hydrogen-bond donors (Lipinski definition) is 2. The fourth-order valence-corrected chi connectivity index (χ4v) is 2.37. The third-order valence-corrected chi connectivity index (χ3v) is 4.10. The van der Waals surface area contributed by atoms with Gasteiger partial charge in [0.25, 0.3) is 5.69 Å². The molecule has 0 radical (unpaired) electrons. The van der Waals surface area contributed by atoms with Gasteiger partial charge in [-0.05, 0) is 37.6 Å². The number of carbonyl (C=O) groups excluding carboxylic acids is 1. The van der Waals surface area contributed by atoms with Crippen molar-refractivity contribution >= 4 is 34.6 Å². The topological polar surface area (TPSA) is 93.5 Å². The number of nitro groups is 1. The number of nitrogens with one attached hydrogen (secondary N) is 2. The second-order valence-electron chi connectivity index (χ2n) is 5.41. The van der Waals surface area contributed by atoms with E-state index in [1.807, 2.05) is 13.0 Å². The lowest BCUT2D eigenvalue weighted by Crippen LogP contribution is -2.32. The maximum absolute atomic E-state index is 12.4. The summed E-state index contributed by atoms with van der Waals surface area (Å²) in [5, 5.41) is 17.2. The molecule has 1 atom stereocenters. The zero-order valence-electron chi connectivity index (χ0n) is 14.0.